The summed E-state index contributed by atoms with van der Waals surface area (Å²) >= 11 is 0. The molecule has 0 spiro atoms. The molecule has 0 saturated carbocycles. The molecule has 0 aromatic heterocycles. The summed E-state index contributed by atoms with van der Waals surface area (Å²) < 4.78 is 5.43. The fourth-order valence-electron chi connectivity index (χ4n) is 2.33. The van der Waals surface area contributed by atoms with Crippen LogP contribution in [-0.4, -0.2) is 17.7 Å². The second kappa shape index (κ2) is 2.86. The maximum Gasteiger partial charge on any atom is 0.314 e. The Morgan fingerprint density at radius 1 is 1.47 bits per heavy atom. The average Bonchev–Trinajstić information content (AvgIpc) is 2.82. The van der Waals surface area contributed by atoms with Gasteiger partial charge in [0.2, 0.25) is 0 Å². The Labute approximate surface area is 87.0 Å². The summed E-state index contributed by atoms with van der Waals surface area (Å²) in [6.07, 6.45) is 4.45. The topological polar surface area (TPSA) is 46.5 Å². The molecule has 1 heterocycles. The van der Waals surface area contributed by atoms with Gasteiger partial charge in [0.1, 0.15) is 11.7 Å². The Hall–Kier alpha value is -1.77. The van der Waals surface area contributed by atoms with E-state index in [0.717, 1.165) is 28.9 Å². The first-order valence-corrected chi connectivity index (χ1v) is 4.97. The molecule has 0 fully saturated rings. The number of fused-ring (bicyclic) bond motifs is 3. The molecule has 1 aromatic rings. The molecule has 1 atom stereocenters. The van der Waals surface area contributed by atoms with Crippen molar-refractivity contribution in [2.75, 3.05) is 6.61 Å². The third-order valence-electron chi connectivity index (χ3n) is 3.00. The summed E-state index contributed by atoms with van der Waals surface area (Å²) in [5.41, 5.74) is 3.02. The van der Waals surface area contributed by atoms with Gasteiger partial charge in [-0.2, -0.15) is 0 Å². The maximum absolute atomic E-state index is 11.1. The van der Waals surface area contributed by atoms with Crippen molar-refractivity contribution in [3.05, 3.63) is 34.9 Å². The van der Waals surface area contributed by atoms with Crippen molar-refractivity contribution < 1.29 is 14.6 Å². The third kappa shape index (κ3) is 1.09. The Balaban J connectivity index is 2.20. The minimum Gasteiger partial charge on any atom is -0.493 e. The van der Waals surface area contributed by atoms with Crippen molar-refractivity contribution in [1.82, 2.24) is 0 Å². The van der Waals surface area contributed by atoms with Crippen LogP contribution in [0.1, 0.15) is 22.6 Å². The van der Waals surface area contributed by atoms with Crippen molar-refractivity contribution in [2.24, 2.45) is 0 Å². The second-order valence-electron chi connectivity index (χ2n) is 3.82. The number of ether oxygens (including phenoxy) is 1. The van der Waals surface area contributed by atoms with Crippen LogP contribution in [0.4, 0.5) is 0 Å². The molecule has 0 radical (unpaired) electrons. The van der Waals surface area contributed by atoms with Crippen molar-refractivity contribution in [3.8, 4) is 5.75 Å². The number of aliphatic carboxylic acids is 1. The lowest BCUT2D eigenvalue weighted by molar-refractivity contribution is -0.137. The summed E-state index contributed by atoms with van der Waals surface area (Å²) in [6.45, 7) is 0.665. The monoisotopic (exact) mass is 202 g/mol. The van der Waals surface area contributed by atoms with Gasteiger partial charge in [-0.25, -0.2) is 0 Å². The quantitative estimate of drug-likeness (QED) is 0.755. The van der Waals surface area contributed by atoms with E-state index in [4.69, 9.17) is 9.84 Å². The number of benzene rings is 1. The fraction of sp³-hybridized carbons (Fsp3) is 0.250. The molecule has 0 amide bonds. The van der Waals surface area contributed by atoms with E-state index in [1.807, 2.05) is 18.2 Å². The molecule has 15 heavy (non-hydrogen) atoms. The number of carbonyl (C=O) groups is 1. The molecule has 2 aliphatic rings. The number of carboxylic acid groups (broad SMARTS) is 1. The van der Waals surface area contributed by atoms with E-state index in [2.05, 4.69) is 0 Å². The standard InChI is InChI=1S/C12H10O3/c13-12(14)9-3-1-7-2-4-10-8(11(7)9)5-6-15-10/h1-4,9H,5-6H2,(H,13,14). The Bertz CT molecular complexity index is 474. The summed E-state index contributed by atoms with van der Waals surface area (Å²) in [7, 11) is 0. The van der Waals surface area contributed by atoms with Crippen LogP contribution in [0.25, 0.3) is 6.08 Å². The minimum atomic E-state index is -0.787. The van der Waals surface area contributed by atoms with Crippen LogP contribution >= 0.6 is 0 Å². The highest BCUT2D eigenvalue weighted by Crippen LogP contribution is 2.39. The van der Waals surface area contributed by atoms with Crippen molar-refractivity contribution in [1.29, 1.82) is 0 Å². The van der Waals surface area contributed by atoms with Gasteiger partial charge in [0.05, 0.1) is 6.61 Å². The largest absolute Gasteiger partial charge is 0.493 e. The van der Waals surface area contributed by atoms with Crippen LogP contribution < -0.4 is 4.74 Å². The van der Waals surface area contributed by atoms with Gasteiger partial charge in [0.25, 0.3) is 0 Å². The molecular formula is C12H10O3. The first-order valence-electron chi connectivity index (χ1n) is 4.97. The molecule has 3 nitrogen and oxygen atoms in total. The van der Waals surface area contributed by atoms with Gasteiger partial charge in [-0.1, -0.05) is 18.2 Å². The first-order chi connectivity index (χ1) is 7.27. The van der Waals surface area contributed by atoms with Crippen LogP contribution in [-0.2, 0) is 11.2 Å². The van der Waals surface area contributed by atoms with Gasteiger partial charge in [0.15, 0.2) is 0 Å². The SMILES string of the molecule is O=C(O)C1C=Cc2ccc3c(c21)CCO3. The average molecular weight is 202 g/mol. The summed E-state index contributed by atoms with van der Waals surface area (Å²) in [4.78, 5) is 11.1. The molecule has 1 aliphatic heterocycles. The van der Waals surface area contributed by atoms with Gasteiger partial charge < -0.3 is 9.84 Å². The van der Waals surface area contributed by atoms with Gasteiger partial charge in [0, 0.05) is 12.0 Å². The number of rotatable bonds is 1. The van der Waals surface area contributed by atoms with E-state index < -0.39 is 11.9 Å². The van der Waals surface area contributed by atoms with E-state index in [9.17, 15) is 4.79 Å². The minimum absolute atomic E-state index is 0.489. The van der Waals surface area contributed by atoms with Crippen LogP contribution in [0.15, 0.2) is 18.2 Å². The zero-order valence-corrected chi connectivity index (χ0v) is 8.06. The highest BCUT2D eigenvalue weighted by atomic mass is 16.5. The Kier molecular flexibility index (Phi) is 1.63. The smallest absolute Gasteiger partial charge is 0.314 e. The highest BCUT2D eigenvalue weighted by molar-refractivity contribution is 5.86. The van der Waals surface area contributed by atoms with Gasteiger partial charge in [-0.05, 0) is 17.2 Å². The van der Waals surface area contributed by atoms with Crippen LogP contribution in [0.5, 0.6) is 5.75 Å². The van der Waals surface area contributed by atoms with Gasteiger partial charge >= 0.3 is 5.97 Å². The zero-order chi connectivity index (χ0) is 10.4. The lowest BCUT2D eigenvalue weighted by Crippen LogP contribution is -2.09. The van der Waals surface area contributed by atoms with Crippen molar-refractivity contribution >= 4 is 12.0 Å². The Morgan fingerprint density at radius 2 is 2.33 bits per heavy atom. The fourth-order valence-corrected chi connectivity index (χ4v) is 2.33. The number of hydrogen-bond donors (Lipinski definition) is 1. The third-order valence-corrected chi connectivity index (χ3v) is 3.00. The lowest BCUT2D eigenvalue weighted by Gasteiger charge is -2.10. The zero-order valence-electron chi connectivity index (χ0n) is 8.06. The van der Waals surface area contributed by atoms with E-state index in [0.29, 0.717) is 6.61 Å². The molecule has 3 rings (SSSR count). The molecule has 1 N–H and O–H groups in total. The second-order valence-corrected chi connectivity index (χ2v) is 3.82. The first kappa shape index (κ1) is 8.53. The molecule has 1 aromatic carbocycles. The summed E-state index contributed by atoms with van der Waals surface area (Å²) in [5, 5.41) is 9.10. The van der Waals surface area contributed by atoms with E-state index >= 15 is 0 Å². The molecular weight excluding hydrogens is 192 g/mol. The molecule has 0 bridgehead atoms. The van der Waals surface area contributed by atoms with Crippen LogP contribution in [0, 0.1) is 0 Å². The van der Waals surface area contributed by atoms with Crippen LogP contribution in [0.2, 0.25) is 0 Å². The van der Waals surface area contributed by atoms with Crippen molar-refractivity contribution in [2.45, 2.75) is 12.3 Å². The molecule has 76 valence electrons. The molecule has 1 unspecified atom stereocenters. The van der Waals surface area contributed by atoms with E-state index in [1.54, 1.807) is 6.08 Å². The normalized spacial score (nSPS) is 20.9. The van der Waals surface area contributed by atoms with Gasteiger partial charge in [-0.15, -0.1) is 0 Å². The van der Waals surface area contributed by atoms with E-state index in [-0.39, 0.29) is 0 Å². The van der Waals surface area contributed by atoms with E-state index in [1.165, 1.54) is 0 Å². The molecule has 1 aliphatic carbocycles. The molecule has 0 saturated heterocycles. The molecule has 3 heteroatoms. The predicted molar refractivity (Wildman–Crippen MR) is 55.1 cm³/mol. The predicted octanol–water partition coefficient (Wildman–Crippen LogP) is 1.82. The lowest BCUT2D eigenvalue weighted by atomic mass is 9.93. The maximum atomic E-state index is 11.1. The van der Waals surface area contributed by atoms with Crippen molar-refractivity contribution in [3.63, 3.8) is 0 Å². The van der Waals surface area contributed by atoms with Crippen LogP contribution in [0.3, 0.4) is 0 Å². The Morgan fingerprint density at radius 3 is 3.13 bits per heavy atom. The number of carboxylic acids is 1. The summed E-state index contributed by atoms with van der Waals surface area (Å²) in [5.74, 6) is -0.425. The highest BCUT2D eigenvalue weighted by Gasteiger charge is 2.30. The van der Waals surface area contributed by atoms with Gasteiger partial charge in [-0.3, -0.25) is 4.79 Å². The summed E-state index contributed by atoms with van der Waals surface area (Å²) in [6, 6.07) is 3.86. The number of hydrogen-bond acceptors (Lipinski definition) is 2.